The van der Waals surface area contributed by atoms with Crippen molar-refractivity contribution in [2.24, 2.45) is 10.9 Å². The average molecular weight is 396 g/mol. The molecule has 0 aliphatic carbocycles. The first-order chi connectivity index (χ1) is 12.8. The number of nitrogens with zero attached hydrogens (tertiary/aromatic N) is 2. The van der Waals surface area contributed by atoms with Crippen LogP contribution in [-0.2, 0) is 25.9 Å². The Kier molecular flexibility index (Phi) is 7.65. The largest absolute Gasteiger partial charge is 0.466 e. The minimum absolute atomic E-state index is 0.128. The molecule has 0 aromatic heterocycles. The molecule has 1 fully saturated rings. The summed E-state index contributed by atoms with van der Waals surface area (Å²) in [4.78, 5) is 19.1. The van der Waals surface area contributed by atoms with E-state index in [9.17, 15) is 13.2 Å². The molecule has 0 spiro atoms. The molecule has 1 unspecified atom stereocenters. The molecule has 1 atom stereocenters. The molecule has 0 bridgehead atoms. The van der Waals surface area contributed by atoms with E-state index in [0.29, 0.717) is 24.6 Å². The van der Waals surface area contributed by atoms with Crippen LogP contribution in [0.3, 0.4) is 0 Å². The molecule has 0 saturated carbocycles. The number of likely N-dealkylation sites (tertiary alicyclic amines) is 1. The average Bonchev–Trinajstić information content (AvgIpc) is 2.65. The lowest BCUT2D eigenvalue weighted by Crippen LogP contribution is -2.48. The number of carbonyl (C=O) groups excluding carboxylic acids is 1. The van der Waals surface area contributed by atoms with Crippen molar-refractivity contribution in [2.45, 2.75) is 38.1 Å². The Labute approximate surface area is 161 Å². The van der Waals surface area contributed by atoms with Gasteiger partial charge < -0.3 is 15.0 Å². The minimum Gasteiger partial charge on any atom is -0.466 e. The smallest absolute Gasteiger partial charge is 0.310 e. The first-order valence-electron chi connectivity index (χ1n) is 9.34. The number of aliphatic imine (C=N–C) groups is 1. The van der Waals surface area contributed by atoms with Crippen LogP contribution in [0.25, 0.3) is 0 Å². The van der Waals surface area contributed by atoms with Gasteiger partial charge in [0.05, 0.1) is 24.0 Å². The van der Waals surface area contributed by atoms with Crippen molar-refractivity contribution in [3.63, 3.8) is 0 Å². The SMILES string of the molecule is CCNC(=NCc1ccc(S(C)(=O)=O)cc1)N1CCCC(C(=O)OCC)C1. The predicted molar refractivity (Wildman–Crippen MR) is 105 cm³/mol. The van der Waals surface area contributed by atoms with Crippen molar-refractivity contribution >= 4 is 21.8 Å². The molecule has 1 aromatic rings. The van der Waals surface area contributed by atoms with E-state index in [4.69, 9.17) is 4.74 Å². The number of rotatable bonds is 6. The van der Waals surface area contributed by atoms with Crippen molar-refractivity contribution in [3.05, 3.63) is 29.8 Å². The molecular formula is C19H29N3O4S. The summed E-state index contributed by atoms with van der Waals surface area (Å²) in [7, 11) is -3.20. The van der Waals surface area contributed by atoms with E-state index in [1.807, 2.05) is 13.8 Å². The summed E-state index contributed by atoms with van der Waals surface area (Å²) in [6, 6.07) is 6.76. The summed E-state index contributed by atoms with van der Waals surface area (Å²) < 4.78 is 28.3. The van der Waals surface area contributed by atoms with Gasteiger partial charge in [0.15, 0.2) is 15.8 Å². The summed E-state index contributed by atoms with van der Waals surface area (Å²) in [6.07, 6.45) is 2.94. The number of ether oxygens (including phenoxy) is 1. The molecule has 1 saturated heterocycles. The molecule has 2 rings (SSSR count). The van der Waals surface area contributed by atoms with Gasteiger partial charge in [0.2, 0.25) is 0 Å². The standard InChI is InChI=1S/C19H29N3O4S/c1-4-20-19(22-12-6-7-16(14-22)18(23)26-5-2)21-13-15-8-10-17(11-9-15)27(3,24)25/h8-11,16H,4-7,12-14H2,1-3H3,(H,20,21). The van der Waals surface area contributed by atoms with Gasteiger partial charge in [-0.25, -0.2) is 13.4 Å². The van der Waals surface area contributed by atoms with Crippen molar-refractivity contribution in [3.8, 4) is 0 Å². The fraction of sp³-hybridized carbons (Fsp3) is 0.579. The number of benzene rings is 1. The summed E-state index contributed by atoms with van der Waals surface area (Å²) in [5.41, 5.74) is 0.928. The lowest BCUT2D eigenvalue weighted by molar-refractivity contribution is -0.149. The minimum atomic E-state index is -3.20. The summed E-state index contributed by atoms with van der Waals surface area (Å²) in [6.45, 7) is 6.82. The first kappa shape index (κ1) is 21.2. The van der Waals surface area contributed by atoms with E-state index in [2.05, 4.69) is 15.2 Å². The molecule has 8 heteroatoms. The second-order valence-corrected chi connectivity index (χ2v) is 8.64. The molecular weight excluding hydrogens is 366 g/mol. The molecule has 1 aliphatic rings. The molecule has 1 N–H and O–H groups in total. The van der Waals surface area contributed by atoms with Gasteiger partial charge in [0, 0.05) is 25.9 Å². The van der Waals surface area contributed by atoms with E-state index in [1.165, 1.54) is 6.26 Å². The Morgan fingerprint density at radius 2 is 2.00 bits per heavy atom. The fourth-order valence-corrected chi connectivity index (χ4v) is 3.69. The van der Waals surface area contributed by atoms with Crippen LogP contribution in [0, 0.1) is 5.92 Å². The van der Waals surface area contributed by atoms with Crippen molar-refractivity contribution < 1.29 is 17.9 Å². The van der Waals surface area contributed by atoms with Crippen LogP contribution < -0.4 is 5.32 Å². The quantitative estimate of drug-likeness (QED) is 0.449. The van der Waals surface area contributed by atoms with Crippen LogP contribution in [0.1, 0.15) is 32.3 Å². The number of sulfone groups is 1. The lowest BCUT2D eigenvalue weighted by atomic mass is 9.98. The lowest BCUT2D eigenvalue weighted by Gasteiger charge is -2.34. The van der Waals surface area contributed by atoms with Gasteiger partial charge in [-0.15, -0.1) is 0 Å². The summed E-state index contributed by atoms with van der Waals surface area (Å²) in [5.74, 6) is 0.490. The van der Waals surface area contributed by atoms with Crippen molar-refractivity contribution in [1.29, 1.82) is 0 Å². The van der Waals surface area contributed by atoms with Gasteiger partial charge in [-0.2, -0.15) is 0 Å². The highest BCUT2D eigenvalue weighted by atomic mass is 32.2. The Morgan fingerprint density at radius 3 is 2.59 bits per heavy atom. The normalized spacial score (nSPS) is 18.3. The summed E-state index contributed by atoms with van der Waals surface area (Å²) >= 11 is 0. The van der Waals surface area contributed by atoms with E-state index < -0.39 is 9.84 Å². The van der Waals surface area contributed by atoms with Crippen LogP contribution in [0.4, 0.5) is 0 Å². The Balaban J connectivity index is 2.08. The monoisotopic (exact) mass is 395 g/mol. The van der Waals surface area contributed by atoms with Gasteiger partial charge >= 0.3 is 5.97 Å². The topological polar surface area (TPSA) is 88.1 Å². The molecule has 7 nitrogen and oxygen atoms in total. The number of piperidine rings is 1. The number of guanidine groups is 1. The Bertz CT molecular complexity index is 760. The zero-order valence-corrected chi connectivity index (χ0v) is 17.1. The number of nitrogens with one attached hydrogen (secondary N) is 1. The highest BCUT2D eigenvalue weighted by molar-refractivity contribution is 7.90. The maximum Gasteiger partial charge on any atom is 0.310 e. The van der Waals surface area contributed by atoms with Crippen molar-refractivity contribution in [1.82, 2.24) is 10.2 Å². The van der Waals surface area contributed by atoms with Crippen molar-refractivity contribution in [2.75, 3.05) is 32.5 Å². The molecule has 0 radical (unpaired) electrons. The van der Waals surface area contributed by atoms with E-state index in [1.54, 1.807) is 24.3 Å². The molecule has 1 heterocycles. The number of esters is 1. The van der Waals surface area contributed by atoms with Crippen LogP contribution in [-0.4, -0.2) is 57.7 Å². The maximum absolute atomic E-state index is 12.1. The van der Waals surface area contributed by atoms with Gasteiger partial charge in [0.1, 0.15) is 0 Å². The van der Waals surface area contributed by atoms with Gasteiger partial charge in [-0.1, -0.05) is 12.1 Å². The Morgan fingerprint density at radius 1 is 1.30 bits per heavy atom. The van der Waals surface area contributed by atoms with Gasteiger partial charge in [0.25, 0.3) is 0 Å². The van der Waals surface area contributed by atoms with Crippen LogP contribution in [0.2, 0.25) is 0 Å². The zero-order chi connectivity index (χ0) is 19.9. The zero-order valence-electron chi connectivity index (χ0n) is 16.3. The number of carbonyl (C=O) groups is 1. The van der Waals surface area contributed by atoms with Gasteiger partial charge in [-0.05, 0) is 44.4 Å². The predicted octanol–water partition coefficient (Wildman–Crippen LogP) is 1.83. The highest BCUT2D eigenvalue weighted by Crippen LogP contribution is 2.18. The Hall–Kier alpha value is -2.09. The second-order valence-electron chi connectivity index (χ2n) is 6.62. The van der Waals surface area contributed by atoms with Gasteiger partial charge in [-0.3, -0.25) is 4.79 Å². The van der Waals surface area contributed by atoms with E-state index >= 15 is 0 Å². The molecule has 150 valence electrons. The molecule has 1 aliphatic heterocycles. The third-order valence-corrected chi connectivity index (χ3v) is 5.57. The second kappa shape index (κ2) is 9.73. The van der Waals surface area contributed by atoms with E-state index in [0.717, 1.165) is 37.5 Å². The third-order valence-electron chi connectivity index (χ3n) is 4.44. The summed E-state index contributed by atoms with van der Waals surface area (Å²) in [5, 5.41) is 3.28. The van der Waals surface area contributed by atoms with E-state index in [-0.39, 0.29) is 11.9 Å². The third kappa shape index (κ3) is 6.23. The maximum atomic E-state index is 12.1. The highest BCUT2D eigenvalue weighted by Gasteiger charge is 2.28. The fourth-order valence-electron chi connectivity index (χ4n) is 3.06. The van der Waals surface area contributed by atoms with Crippen LogP contribution in [0.5, 0.6) is 0 Å². The molecule has 27 heavy (non-hydrogen) atoms. The van der Waals surface area contributed by atoms with Crippen LogP contribution >= 0.6 is 0 Å². The molecule has 1 aromatic carbocycles. The van der Waals surface area contributed by atoms with Crippen LogP contribution in [0.15, 0.2) is 34.2 Å². The first-order valence-corrected chi connectivity index (χ1v) is 11.2. The number of hydrogen-bond donors (Lipinski definition) is 1. The molecule has 0 amide bonds. The number of hydrogen-bond acceptors (Lipinski definition) is 5.